The number of fused-ring (bicyclic) bond motifs is 3. The van der Waals surface area contributed by atoms with E-state index < -0.39 is 0 Å². The molecular formula is C14H18N2O. The first kappa shape index (κ1) is 10.8. The Bertz CT molecular complexity index is 557. The minimum atomic E-state index is 0.700. The maximum atomic E-state index is 5.37. The van der Waals surface area contributed by atoms with Crippen LogP contribution in [0.4, 0.5) is 0 Å². The van der Waals surface area contributed by atoms with Crippen molar-refractivity contribution in [3.8, 4) is 0 Å². The van der Waals surface area contributed by atoms with Crippen LogP contribution in [0.1, 0.15) is 16.8 Å². The molecule has 0 bridgehead atoms. The lowest BCUT2D eigenvalue weighted by Crippen LogP contribution is -2.28. The van der Waals surface area contributed by atoms with Crippen molar-refractivity contribution in [2.45, 2.75) is 26.6 Å². The molecule has 0 atom stereocenters. The van der Waals surface area contributed by atoms with Crippen molar-refractivity contribution in [3.63, 3.8) is 0 Å². The van der Waals surface area contributed by atoms with Gasteiger partial charge < -0.3 is 14.6 Å². The maximum absolute atomic E-state index is 5.37. The standard InChI is InChI=1S/C14H18N2O/c1-10-4-3-5-12-14(10)11(9-17-2)13-8-15-6-7-16(12)13/h3-5,15H,6-9H2,1-2H3. The number of aromatic nitrogens is 1. The highest BCUT2D eigenvalue weighted by molar-refractivity contribution is 5.88. The topological polar surface area (TPSA) is 26.2 Å². The largest absolute Gasteiger partial charge is 0.380 e. The zero-order valence-electron chi connectivity index (χ0n) is 10.4. The van der Waals surface area contributed by atoms with Gasteiger partial charge in [0.15, 0.2) is 0 Å². The Kier molecular flexibility index (Phi) is 2.65. The summed E-state index contributed by atoms with van der Waals surface area (Å²) in [6, 6.07) is 6.54. The lowest BCUT2D eigenvalue weighted by Gasteiger charge is -2.18. The number of nitrogens with zero attached hydrogens (tertiary/aromatic N) is 1. The van der Waals surface area contributed by atoms with Gasteiger partial charge in [0.1, 0.15) is 0 Å². The van der Waals surface area contributed by atoms with Gasteiger partial charge in [0.2, 0.25) is 0 Å². The molecule has 0 saturated heterocycles. The fourth-order valence-corrected chi connectivity index (χ4v) is 2.88. The predicted molar refractivity (Wildman–Crippen MR) is 69.1 cm³/mol. The Labute approximate surface area is 101 Å². The molecule has 1 aromatic carbocycles. The van der Waals surface area contributed by atoms with Crippen LogP contribution < -0.4 is 5.32 Å². The van der Waals surface area contributed by atoms with Crippen LogP contribution in [0.2, 0.25) is 0 Å². The van der Waals surface area contributed by atoms with Crippen LogP contribution in [0.3, 0.4) is 0 Å². The fraction of sp³-hybridized carbons (Fsp3) is 0.429. The van der Waals surface area contributed by atoms with Crippen LogP contribution in [0, 0.1) is 6.92 Å². The molecule has 0 unspecified atom stereocenters. The molecule has 1 aliphatic heterocycles. The predicted octanol–water partition coefficient (Wildman–Crippen LogP) is 2.20. The van der Waals surface area contributed by atoms with Gasteiger partial charge in [-0.25, -0.2) is 0 Å². The third-order valence-electron chi connectivity index (χ3n) is 3.61. The molecule has 1 aliphatic rings. The van der Waals surface area contributed by atoms with E-state index in [4.69, 9.17) is 4.74 Å². The van der Waals surface area contributed by atoms with Crippen LogP contribution >= 0.6 is 0 Å². The molecule has 17 heavy (non-hydrogen) atoms. The van der Waals surface area contributed by atoms with Crippen LogP contribution in [0.15, 0.2) is 18.2 Å². The SMILES string of the molecule is COCc1c2n(c3cccc(C)c13)CCNC2. The average molecular weight is 230 g/mol. The summed E-state index contributed by atoms with van der Waals surface area (Å²) in [5, 5.41) is 4.83. The molecule has 1 N–H and O–H groups in total. The summed E-state index contributed by atoms with van der Waals surface area (Å²) in [6.45, 7) is 5.94. The Morgan fingerprint density at radius 2 is 2.29 bits per heavy atom. The van der Waals surface area contributed by atoms with Crippen molar-refractivity contribution in [1.29, 1.82) is 0 Å². The van der Waals surface area contributed by atoms with Crippen molar-refractivity contribution >= 4 is 10.9 Å². The van der Waals surface area contributed by atoms with E-state index in [1.807, 2.05) is 0 Å². The van der Waals surface area contributed by atoms with Crippen molar-refractivity contribution in [2.75, 3.05) is 13.7 Å². The minimum absolute atomic E-state index is 0.700. The van der Waals surface area contributed by atoms with Crippen LogP contribution in [-0.2, 0) is 24.4 Å². The Morgan fingerprint density at radius 3 is 3.12 bits per heavy atom. The van der Waals surface area contributed by atoms with Crippen molar-refractivity contribution in [3.05, 3.63) is 35.0 Å². The average Bonchev–Trinajstić information content (AvgIpc) is 2.67. The molecule has 3 rings (SSSR count). The third kappa shape index (κ3) is 1.58. The first-order valence-corrected chi connectivity index (χ1v) is 6.12. The maximum Gasteiger partial charge on any atom is 0.0737 e. The summed E-state index contributed by atoms with van der Waals surface area (Å²) in [6.07, 6.45) is 0. The van der Waals surface area contributed by atoms with E-state index in [0.29, 0.717) is 6.61 Å². The summed E-state index contributed by atoms with van der Waals surface area (Å²) >= 11 is 0. The van der Waals surface area contributed by atoms with Gasteiger partial charge in [-0.1, -0.05) is 12.1 Å². The van der Waals surface area contributed by atoms with Crippen LogP contribution in [0.25, 0.3) is 10.9 Å². The first-order valence-electron chi connectivity index (χ1n) is 6.12. The number of rotatable bonds is 2. The Balaban J connectivity index is 2.34. The van der Waals surface area contributed by atoms with E-state index in [-0.39, 0.29) is 0 Å². The van der Waals surface area contributed by atoms with Crippen molar-refractivity contribution in [1.82, 2.24) is 9.88 Å². The summed E-state index contributed by atoms with van der Waals surface area (Å²) in [5.74, 6) is 0. The van der Waals surface area contributed by atoms with E-state index in [2.05, 4.69) is 35.0 Å². The zero-order valence-corrected chi connectivity index (χ0v) is 10.4. The fourth-order valence-electron chi connectivity index (χ4n) is 2.88. The summed E-state index contributed by atoms with van der Waals surface area (Å²) < 4.78 is 7.81. The van der Waals surface area contributed by atoms with E-state index >= 15 is 0 Å². The van der Waals surface area contributed by atoms with Gasteiger partial charge >= 0.3 is 0 Å². The molecule has 1 aromatic heterocycles. The summed E-state index contributed by atoms with van der Waals surface area (Å²) in [7, 11) is 1.77. The Hall–Kier alpha value is -1.32. The van der Waals surface area contributed by atoms with Crippen molar-refractivity contribution < 1.29 is 4.74 Å². The molecule has 0 fully saturated rings. The van der Waals surface area contributed by atoms with E-state index in [0.717, 1.165) is 19.6 Å². The number of nitrogens with one attached hydrogen (secondary N) is 1. The molecule has 90 valence electrons. The van der Waals surface area contributed by atoms with Crippen LogP contribution in [0.5, 0.6) is 0 Å². The van der Waals surface area contributed by atoms with E-state index in [1.54, 1.807) is 7.11 Å². The highest BCUT2D eigenvalue weighted by atomic mass is 16.5. The van der Waals surface area contributed by atoms with Crippen molar-refractivity contribution in [2.24, 2.45) is 0 Å². The van der Waals surface area contributed by atoms with Gasteiger partial charge in [0.05, 0.1) is 6.61 Å². The molecule has 2 heterocycles. The molecule has 0 radical (unpaired) electrons. The molecule has 3 heteroatoms. The van der Waals surface area contributed by atoms with E-state index in [9.17, 15) is 0 Å². The number of hydrogen-bond donors (Lipinski definition) is 1. The third-order valence-corrected chi connectivity index (χ3v) is 3.61. The lowest BCUT2D eigenvalue weighted by atomic mass is 10.1. The summed E-state index contributed by atoms with van der Waals surface area (Å²) in [5.41, 5.74) is 5.44. The van der Waals surface area contributed by atoms with Gasteiger partial charge in [-0.05, 0) is 18.6 Å². The highest BCUT2D eigenvalue weighted by Crippen LogP contribution is 2.30. The molecule has 2 aromatic rings. The number of benzene rings is 1. The molecule has 0 aliphatic carbocycles. The summed E-state index contributed by atoms with van der Waals surface area (Å²) in [4.78, 5) is 0. The van der Waals surface area contributed by atoms with Crippen LogP contribution in [-0.4, -0.2) is 18.2 Å². The van der Waals surface area contributed by atoms with Gasteiger partial charge in [-0.15, -0.1) is 0 Å². The van der Waals surface area contributed by atoms with Gasteiger partial charge in [0, 0.05) is 48.9 Å². The number of aryl methyl sites for hydroxylation is 1. The number of methoxy groups -OCH3 is 1. The minimum Gasteiger partial charge on any atom is -0.380 e. The zero-order chi connectivity index (χ0) is 11.8. The molecule has 0 amide bonds. The molecule has 0 saturated carbocycles. The normalized spacial score (nSPS) is 15.2. The second-order valence-corrected chi connectivity index (χ2v) is 4.66. The molecule has 3 nitrogen and oxygen atoms in total. The monoisotopic (exact) mass is 230 g/mol. The smallest absolute Gasteiger partial charge is 0.0737 e. The van der Waals surface area contributed by atoms with E-state index in [1.165, 1.54) is 27.7 Å². The molecular weight excluding hydrogens is 212 g/mol. The number of hydrogen-bond acceptors (Lipinski definition) is 2. The number of ether oxygens (including phenoxy) is 1. The second kappa shape index (κ2) is 4.17. The molecule has 0 spiro atoms. The highest BCUT2D eigenvalue weighted by Gasteiger charge is 2.19. The lowest BCUT2D eigenvalue weighted by molar-refractivity contribution is 0.184. The second-order valence-electron chi connectivity index (χ2n) is 4.66. The Morgan fingerprint density at radius 1 is 1.41 bits per heavy atom. The first-order chi connectivity index (χ1) is 8.33. The van der Waals surface area contributed by atoms with Gasteiger partial charge in [-0.3, -0.25) is 0 Å². The van der Waals surface area contributed by atoms with Gasteiger partial charge in [0.25, 0.3) is 0 Å². The quantitative estimate of drug-likeness (QED) is 0.856. The van der Waals surface area contributed by atoms with Gasteiger partial charge in [-0.2, -0.15) is 0 Å².